The molecule has 3 rings (SSSR count). The van der Waals surface area contributed by atoms with Gasteiger partial charge < -0.3 is 4.90 Å². The highest BCUT2D eigenvalue weighted by Crippen LogP contribution is 2.39. The predicted octanol–water partition coefficient (Wildman–Crippen LogP) is 4.61. The smallest absolute Gasteiger partial charge is 0.0445 e. The molecule has 2 aromatic rings. The van der Waals surface area contributed by atoms with Gasteiger partial charge in [0.05, 0.1) is 0 Å². The van der Waals surface area contributed by atoms with Gasteiger partial charge >= 0.3 is 0 Å². The molecule has 1 aliphatic rings. The summed E-state index contributed by atoms with van der Waals surface area (Å²) < 4.78 is 1.34. The fourth-order valence-corrected chi connectivity index (χ4v) is 3.88. The average Bonchev–Trinajstić information content (AvgIpc) is 2.56. The van der Waals surface area contributed by atoms with Gasteiger partial charge in [-0.2, -0.15) is 0 Å². The number of nitrogens with zero attached hydrogens (tertiary/aromatic N) is 1. The van der Waals surface area contributed by atoms with Crippen LogP contribution in [0.2, 0.25) is 5.02 Å². The number of benzene rings is 1. The second-order valence-electron chi connectivity index (χ2n) is 4.54. The van der Waals surface area contributed by atoms with Gasteiger partial charge in [0.1, 0.15) is 0 Å². The summed E-state index contributed by atoms with van der Waals surface area (Å²) in [6.07, 6.45) is 3.00. The zero-order valence-corrected chi connectivity index (χ0v) is 12.6. The van der Waals surface area contributed by atoms with E-state index in [9.17, 15) is 0 Å². The molecule has 0 spiro atoms. The van der Waals surface area contributed by atoms with E-state index in [1.54, 1.807) is 0 Å². The Balaban J connectivity index is 0.00000120. The Morgan fingerprint density at radius 2 is 2.17 bits per heavy atom. The molecule has 0 saturated carbocycles. The molecule has 0 bridgehead atoms. The first-order valence-corrected chi connectivity index (χ1v) is 6.94. The minimum absolute atomic E-state index is 0. The zero-order valence-electron chi connectivity index (χ0n) is 10.2. The highest BCUT2D eigenvalue weighted by atomic mass is 35.5. The highest BCUT2D eigenvalue weighted by Gasteiger charge is 2.20. The normalized spacial score (nSPS) is 15.2. The molecule has 0 radical (unpaired) electrons. The van der Waals surface area contributed by atoms with Gasteiger partial charge in [0.15, 0.2) is 0 Å². The third-order valence-electron chi connectivity index (χ3n) is 3.39. The van der Waals surface area contributed by atoms with E-state index in [-0.39, 0.29) is 12.4 Å². The molecule has 0 amide bonds. The molecule has 0 unspecified atom stereocenters. The van der Waals surface area contributed by atoms with E-state index >= 15 is 0 Å². The summed E-state index contributed by atoms with van der Waals surface area (Å²) in [7, 11) is 2.16. The maximum absolute atomic E-state index is 6.34. The first-order chi connectivity index (χ1) is 8.20. The number of hydrogen-bond acceptors (Lipinski definition) is 2. The van der Waals surface area contributed by atoms with Crippen LogP contribution < -0.4 is 0 Å². The maximum Gasteiger partial charge on any atom is 0.0445 e. The fraction of sp³-hybridized carbons (Fsp3) is 0.286. The van der Waals surface area contributed by atoms with Gasteiger partial charge in [0.2, 0.25) is 0 Å². The van der Waals surface area contributed by atoms with E-state index in [1.165, 1.54) is 26.1 Å². The van der Waals surface area contributed by atoms with Crippen molar-refractivity contribution in [2.24, 2.45) is 0 Å². The van der Waals surface area contributed by atoms with E-state index < -0.39 is 0 Å². The van der Waals surface area contributed by atoms with Gasteiger partial charge in [-0.05, 0) is 36.7 Å². The van der Waals surface area contributed by atoms with Crippen molar-refractivity contribution in [1.29, 1.82) is 0 Å². The van der Waals surface area contributed by atoms with Crippen molar-refractivity contribution in [1.82, 2.24) is 4.90 Å². The van der Waals surface area contributed by atoms with E-state index in [0.717, 1.165) is 24.5 Å². The number of rotatable bonds is 1. The Kier molecular flexibility index (Phi) is 4.02. The van der Waals surface area contributed by atoms with Gasteiger partial charge in [-0.1, -0.05) is 24.3 Å². The minimum Gasteiger partial charge on any atom is -0.302 e. The Labute approximate surface area is 122 Å². The molecule has 0 fully saturated rings. The Morgan fingerprint density at radius 3 is 2.89 bits per heavy atom. The van der Waals surface area contributed by atoms with Crippen molar-refractivity contribution in [3.63, 3.8) is 0 Å². The molecule has 2 heterocycles. The zero-order chi connectivity index (χ0) is 12.0. The summed E-state index contributed by atoms with van der Waals surface area (Å²) in [5.74, 6) is 0. The van der Waals surface area contributed by atoms with Crippen LogP contribution in [0.1, 0.15) is 16.0 Å². The van der Waals surface area contributed by atoms with Crippen LogP contribution in [-0.2, 0) is 13.0 Å². The predicted molar refractivity (Wildman–Crippen MR) is 84.2 cm³/mol. The van der Waals surface area contributed by atoms with Crippen molar-refractivity contribution in [2.75, 3.05) is 13.6 Å². The van der Waals surface area contributed by atoms with E-state index in [0.29, 0.717) is 0 Å². The maximum atomic E-state index is 6.34. The van der Waals surface area contributed by atoms with Gasteiger partial charge in [-0.15, -0.1) is 23.7 Å². The first-order valence-electron chi connectivity index (χ1n) is 5.74. The number of thiophene rings is 1. The van der Waals surface area contributed by atoms with E-state index in [2.05, 4.69) is 24.6 Å². The number of hydrogen-bond donors (Lipinski definition) is 0. The van der Waals surface area contributed by atoms with Crippen LogP contribution in [0.15, 0.2) is 18.7 Å². The van der Waals surface area contributed by atoms with Crippen LogP contribution in [0.5, 0.6) is 0 Å². The van der Waals surface area contributed by atoms with Gasteiger partial charge in [-0.3, -0.25) is 0 Å². The van der Waals surface area contributed by atoms with Crippen LogP contribution in [0.4, 0.5) is 0 Å². The molecule has 18 heavy (non-hydrogen) atoms. The average molecular weight is 300 g/mol. The second-order valence-corrected chi connectivity index (χ2v) is 6.03. The monoisotopic (exact) mass is 299 g/mol. The second kappa shape index (κ2) is 5.22. The molecular formula is C14H15Cl2NS. The molecule has 0 aliphatic carbocycles. The molecule has 1 nitrogen and oxygen atoms in total. The standard InChI is InChI=1S/C14H14ClNS.ClH/c1-3-12-10-8-16(2)7-6-9-11(15)4-5-13(17-12)14(9)10;/h3-5H,1,6-8H2,2H3;1H. The molecular weight excluding hydrogens is 285 g/mol. The van der Waals surface area contributed by atoms with Crippen molar-refractivity contribution < 1.29 is 0 Å². The lowest BCUT2D eigenvalue weighted by Gasteiger charge is -2.13. The van der Waals surface area contributed by atoms with Crippen LogP contribution in [0, 0.1) is 0 Å². The quantitative estimate of drug-likeness (QED) is 0.743. The molecule has 0 atom stereocenters. The van der Waals surface area contributed by atoms with Crippen LogP contribution >= 0.6 is 35.3 Å². The summed E-state index contributed by atoms with van der Waals surface area (Å²) in [5.41, 5.74) is 2.71. The summed E-state index contributed by atoms with van der Waals surface area (Å²) >= 11 is 8.16. The van der Waals surface area contributed by atoms with Crippen molar-refractivity contribution >= 4 is 51.5 Å². The number of halogens is 2. The van der Waals surface area contributed by atoms with Crippen molar-refractivity contribution in [2.45, 2.75) is 13.0 Å². The SMILES string of the molecule is C=Cc1sc2ccc(Cl)c3c2c1CN(C)CC3.Cl. The summed E-state index contributed by atoms with van der Waals surface area (Å²) in [4.78, 5) is 3.64. The lowest BCUT2D eigenvalue weighted by Crippen LogP contribution is -2.18. The van der Waals surface area contributed by atoms with Crippen LogP contribution in [-0.4, -0.2) is 18.5 Å². The van der Waals surface area contributed by atoms with Gasteiger partial charge in [-0.25, -0.2) is 0 Å². The Hall–Kier alpha value is -0.540. The molecule has 96 valence electrons. The van der Waals surface area contributed by atoms with E-state index in [4.69, 9.17) is 11.6 Å². The van der Waals surface area contributed by atoms with Gasteiger partial charge in [0, 0.05) is 33.1 Å². The third kappa shape index (κ3) is 2.08. The third-order valence-corrected chi connectivity index (χ3v) is 4.94. The summed E-state index contributed by atoms with van der Waals surface area (Å²) in [6, 6.07) is 4.16. The molecule has 1 aromatic carbocycles. The first kappa shape index (κ1) is 13.9. The topological polar surface area (TPSA) is 3.24 Å². The van der Waals surface area contributed by atoms with Crippen LogP contribution in [0.25, 0.3) is 16.2 Å². The minimum atomic E-state index is 0. The number of likely N-dealkylation sites (N-methyl/N-ethyl adjacent to an activating group) is 1. The molecule has 1 aliphatic heterocycles. The Bertz CT molecular complexity index is 603. The lowest BCUT2D eigenvalue weighted by atomic mass is 10.0. The summed E-state index contributed by atoms with van der Waals surface area (Å²) in [6.45, 7) is 5.98. The van der Waals surface area contributed by atoms with Crippen LogP contribution in [0.3, 0.4) is 0 Å². The molecule has 0 saturated heterocycles. The summed E-state index contributed by atoms with van der Waals surface area (Å²) in [5, 5.41) is 2.28. The lowest BCUT2D eigenvalue weighted by molar-refractivity contribution is 0.337. The molecule has 0 N–H and O–H groups in total. The van der Waals surface area contributed by atoms with Crippen molar-refractivity contribution in [3.05, 3.63) is 39.7 Å². The largest absolute Gasteiger partial charge is 0.302 e. The Morgan fingerprint density at radius 1 is 1.39 bits per heavy atom. The molecule has 4 heteroatoms. The highest BCUT2D eigenvalue weighted by molar-refractivity contribution is 7.20. The fourth-order valence-electron chi connectivity index (χ4n) is 2.54. The van der Waals surface area contributed by atoms with E-state index in [1.807, 2.05) is 23.5 Å². The molecule has 1 aromatic heterocycles. The van der Waals surface area contributed by atoms with Gasteiger partial charge in [0.25, 0.3) is 0 Å². The van der Waals surface area contributed by atoms with Crippen molar-refractivity contribution in [3.8, 4) is 0 Å².